The smallest absolute Gasteiger partial charge is 0.302 e. The van der Waals surface area contributed by atoms with Crippen molar-refractivity contribution < 1.29 is 19.7 Å². The lowest BCUT2D eigenvalue weighted by atomic mass is 9.33. The van der Waals surface area contributed by atoms with Gasteiger partial charge in [0.05, 0.1) is 18.8 Å². The van der Waals surface area contributed by atoms with E-state index in [9.17, 15) is 15.0 Å². The van der Waals surface area contributed by atoms with E-state index in [4.69, 9.17) is 4.74 Å². The highest BCUT2D eigenvalue weighted by Gasteiger charge is 2.69. The molecule has 0 spiro atoms. The van der Waals surface area contributed by atoms with E-state index in [1.54, 1.807) is 5.57 Å². The summed E-state index contributed by atoms with van der Waals surface area (Å²) in [6.45, 7) is 18.7. The third-order valence-corrected chi connectivity index (χ3v) is 13.5. The van der Waals surface area contributed by atoms with E-state index in [-0.39, 0.29) is 39.1 Å². The summed E-state index contributed by atoms with van der Waals surface area (Å²) >= 11 is 0. The van der Waals surface area contributed by atoms with Gasteiger partial charge in [-0.05, 0) is 97.2 Å². The molecule has 0 saturated heterocycles. The maximum absolute atomic E-state index is 11.7. The zero-order chi connectivity index (χ0) is 26.5. The minimum atomic E-state index is -0.425. The Morgan fingerprint density at radius 3 is 2.25 bits per heavy atom. The van der Waals surface area contributed by atoms with Crippen LogP contribution in [0.2, 0.25) is 0 Å². The largest absolute Gasteiger partial charge is 0.465 e. The van der Waals surface area contributed by atoms with Gasteiger partial charge in [-0.2, -0.15) is 0 Å². The van der Waals surface area contributed by atoms with Gasteiger partial charge in [0.1, 0.15) is 0 Å². The molecule has 0 aromatic carbocycles. The van der Waals surface area contributed by atoms with Gasteiger partial charge in [0.25, 0.3) is 0 Å². The molecule has 0 radical (unpaired) electrons. The minimum Gasteiger partial charge on any atom is -0.465 e. The first-order valence-corrected chi connectivity index (χ1v) is 14.7. The summed E-state index contributed by atoms with van der Waals surface area (Å²) < 4.78 is 5.58. The van der Waals surface area contributed by atoms with Crippen LogP contribution in [0.5, 0.6) is 0 Å². The summed E-state index contributed by atoms with van der Waals surface area (Å²) in [5.74, 6) is 1.10. The molecule has 36 heavy (non-hydrogen) atoms. The molecule has 2 N–H and O–H groups in total. The molecule has 5 aliphatic carbocycles. The van der Waals surface area contributed by atoms with Gasteiger partial charge < -0.3 is 14.9 Å². The number of allylic oxidation sites excluding steroid dienone is 2. The van der Waals surface area contributed by atoms with Crippen molar-refractivity contribution in [2.24, 2.45) is 50.2 Å². The Hall–Kier alpha value is -0.870. The molecular formula is C32H52O4. The van der Waals surface area contributed by atoms with E-state index in [2.05, 4.69) is 54.5 Å². The van der Waals surface area contributed by atoms with Gasteiger partial charge in [-0.15, -0.1) is 0 Å². The Kier molecular flexibility index (Phi) is 5.99. The Bertz CT molecular complexity index is 954. The molecule has 2 unspecified atom stereocenters. The van der Waals surface area contributed by atoms with Gasteiger partial charge in [-0.3, -0.25) is 4.79 Å². The normalized spacial score (nSPS) is 53.7. The summed E-state index contributed by atoms with van der Waals surface area (Å²) in [5, 5.41) is 22.5. The second-order valence-corrected chi connectivity index (χ2v) is 15.8. The van der Waals surface area contributed by atoms with Crippen LogP contribution in [-0.4, -0.2) is 35.0 Å². The van der Waals surface area contributed by atoms with E-state index in [0.717, 1.165) is 51.4 Å². The Balaban J connectivity index is 1.54. The first-order valence-electron chi connectivity index (χ1n) is 14.7. The molecule has 4 nitrogen and oxygen atoms in total. The zero-order valence-corrected chi connectivity index (χ0v) is 24.2. The highest BCUT2D eigenvalue weighted by atomic mass is 16.5. The zero-order valence-electron chi connectivity index (χ0n) is 24.2. The highest BCUT2D eigenvalue weighted by molar-refractivity contribution is 5.65. The Morgan fingerprint density at radius 1 is 0.889 bits per heavy atom. The molecule has 0 aromatic rings. The van der Waals surface area contributed by atoms with Crippen molar-refractivity contribution in [3.05, 3.63) is 11.6 Å². The van der Waals surface area contributed by atoms with Crippen molar-refractivity contribution >= 4 is 5.97 Å². The fourth-order valence-electron chi connectivity index (χ4n) is 10.9. The maximum atomic E-state index is 11.7. The average molecular weight is 501 g/mol. The second-order valence-electron chi connectivity index (χ2n) is 15.8. The van der Waals surface area contributed by atoms with Gasteiger partial charge in [0, 0.05) is 17.8 Å². The van der Waals surface area contributed by atoms with Crippen LogP contribution in [0.25, 0.3) is 0 Å². The minimum absolute atomic E-state index is 0.0112. The summed E-state index contributed by atoms with van der Waals surface area (Å²) in [6, 6.07) is 0. The second kappa shape index (κ2) is 8.07. The van der Waals surface area contributed by atoms with E-state index in [0.29, 0.717) is 24.4 Å². The van der Waals surface area contributed by atoms with Crippen molar-refractivity contribution in [3.8, 4) is 0 Å². The molecule has 5 aliphatic rings. The van der Waals surface area contributed by atoms with E-state index < -0.39 is 11.5 Å². The van der Waals surface area contributed by atoms with Crippen molar-refractivity contribution in [1.29, 1.82) is 0 Å². The number of aliphatic hydroxyl groups is 2. The van der Waals surface area contributed by atoms with Crippen molar-refractivity contribution in [3.63, 3.8) is 0 Å². The van der Waals surface area contributed by atoms with Gasteiger partial charge >= 0.3 is 5.97 Å². The summed E-state index contributed by atoms with van der Waals surface area (Å²) in [4.78, 5) is 11.7. The monoisotopic (exact) mass is 500 g/mol. The lowest BCUT2D eigenvalue weighted by Crippen LogP contribution is -2.66. The molecule has 4 saturated carbocycles. The molecule has 4 heteroatoms. The molecule has 4 fully saturated rings. The van der Waals surface area contributed by atoms with E-state index >= 15 is 0 Å². The molecule has 0 amide bonds. The van der Waals surface area contributed by atoms with Crippen molar-refractivity contribution in [2.75, 3.05) is 6.61 Å². The Morgan fingerprint density at radius 2 is 1.58 bits per heavy atom. The molecule has 5 rings (SSSR count). The first-order chi connectivity index (χ1) is 16.5. The lowest BCUT2D eigenvalue weighted by molar-refractivity contribution is -0.221. The van der Waals surface area contributed by atoms with Crippen LogP contribution in [0.15, 0.2) is 11.6 Å². The third kappa shape index (κ3) is 3.41. The third-order valence-electron chi connectivity index (χ3n) is 13.5. The molecular weight excluding hydrogens is 448 g/mol. The van der Waals surface area contributed by atoms with Crippen LogP contribution in [0, 0.1) is 50.2 Å². The number of carbonyl (C=O) groups is 1. The highest BCUT2D eigenvalue weighted by Crippen LogP contribution is 2.75. The number of hydrogen-bond donors (Lipinski definition) is 2. The summed E-state index contributed by atoms with van der Waals surface area (Å²) in [6.07, 6.45) is 11.5. The number of esters is 1. The quantitative estimate of drug-likeness (QED) is 0.328. The fraction of sp³-hybridized carbons (Fsp3) is 0.906. The number of ether oxygens (including phenoxy) is 1. The number of hydrogen-bond acceptors (Lipinski definition) is 4. The first kappa shape index (κ1) is 26.7. The molecule has 0 aromatic heterocycles. The number of rotatable bonds is 2. The molecule has 0 bridgehead atoms. The molecule has 0 heterocycles. The fourth-order valence-corrected chi connectivity index (χ4v) is 10.9. The summed E-state index contributed by atoms with van der Waals surface area (Å²) in [5.41, 5.74) is 1.86. The van der Waals surface area contributed by atoms with Gasteiger partial charge in [-0.25, -0.2) is 0 Å². The van der Waals surface area contributed by atoms with Crippen LogP contribution in [0.3, 0.4) is 0 Å². The van der Waals surface area contributed by atoms with Crippen LogP contribution in [0.4, 0.5) is 0 Å². The van der Waals surface area contributed by atoms with Gasteiger partial charge in [0.15, 0.2) is 0 Å². The predicted octanol–water partition coefficient (Wildman–Crippen LogP) is 6.68. The SMILES string of the molecule is CC(=O)OC[C@]1(C)C2CC[C@]3(C)C(CC=C4[C@@H]5CC(C)(C)C[C@@H](O)[C@]5(C)CC[C@]43C)[C@@]2(C)CC[C@@H]1O. The van der Waals surface area contributed by atoms with Gasteiger partial charge in [-0.1, -0.05) is 60.1 Å². The topological polar surface area (TPSA) is 66.8 Å². The standard InChI is InChI=1S/C32H52O4/c1-20(33)36-19-30(6)23-11-14-32(8)24(29(23,5)13-12-25(30)34)10-9-21-22-17-27(2,3)18-26(35)28(22,4)15-16-31(21,32)7/h9,22-26,34-35H,10-19H2,1-8H3/t22-,23?,24?,25-,26+,28+,29-,30+,31+,32+/m0/s1. The van der Waals surface area contributed by atoms with Crippen LogP contribution in [0.1, 0.15) is 113 Å². The maximum Gasteiger partial charge on any atom is 0.302 e. The Labute approximate surface area is 219 Å². The number of carbonyl (C=O) groups excluding carboxylic acids is 1. The van der Waals surface area contributed by atoms with Crippen molar-refractivity contribution in [2.45, 2.75) is 125 Å². The van der Waals surface area contributed by atoms with E-state index in [1.807, 2.05) is 0 Å². The number of fused-ring (bicyclic) bond motifs is 7. The average Bonchev–Trinajstić information content (AvgIpc) is 2.77. The van der Waals surface area contributed by atoms with Crippen LogP contribution >= 0.6 is 0 Å². The van der Waals surface area contributed by atoms with Gasteiger partial charge in [0.2, 0.25) is 0 Å². The van der Waals surface area contributed by atoms with Crippen LogP contribution in [-0.2, 0) is 9.53 Å². The summed E-state index contributed by atoms with van der Waals surface area (Å²) in [7, 11) is 0. The molecule has 0 aliphatic heterocycles. The number of aliphatic hydroxyl groups excluding tert-OH is 2. The lowest BCUT2D eigenvalue weighted by Gasteiger charge is -2.71. The van der Waals surface area contributed by atoms with Crippen molar-refractivity contribution in [1.82, 2.24) is 0 Å². The molecule has 10 atom stereocenters. The van der Waals surface area contributed by atoms with E-state index in [1.165, 1.54) is 13.3 Å². The molecule has 204 valence electrons. The van der Waals surface area contributed by atoms with Crippen LogP contribution < -0.4 is 0 Å². The predicted molar refractivity (Wildman–Crippen MR) is 143 cm³/mol.